The lowest BCUT2D eigenvalue weighted by Crippen LogP contribution is -2.24. The fraction of sp³-hybridized carbons (Fsp3) is 0.200. The van der Waals surface area contributed by atoms with Gasteiger partial charge in [-0.15, -0.1) is 0 Å². The van der Waals surface area contributed by atoms with Crippen LogP contribution in [0.3, 0.4) is 0 Å². The fourth-order valence-corrected chi connectivity index (χ4v) is 3.55. The van der Waals surface area contributed by atoms with E-state index in [0.717, 1.165) is 23.1 Å². The zero-order valence-corrected chi connectivity index (χ0v) is 16.6. The first kappa shape index (κ1) is 18.9. The van der Waals surface area contributed by atoms with Gasteiger partial charge in [0, 0.05) is 19.5 Å². The maximum atomic E-state index is 12.3. The van der Waals surface area contributed by atoms with Gasteiger partial charge in [0.05, 0.1) is 17.4 Å². The second kappa shape index (κ2) is 8.74. The van der Waals surface area contributed by atoms with Gasteiger partial charge in [0.1, 0.15) is 0 Å². The molecule has 4 aromatic rings. The minimum absolute atomic E-state index is 0.0790. The Labute approximate surface area is 171 Å². The van der Waals surface area contributed by atoms with E-state index in [0.29, 0.717) is 13.0 Å². The zero-order chi connectivity index (χ0) is 20.1. The number of rotatable bonds is 7. The minimum atomic E-state index is 0.0790. The van der Waals surface area contributed by atoms with Gasteiger partial charge in [-0.05, 0) is 34.7 Å². The molecule has 0 saturated heterocycles. The molecule has 3 aromatic carbocycles. The van der Waals surface area contributed by atoms with Gasteiger partial charge in [-0.25, -0.2) is 4.98 Å². The standard InChI is InChI=1S/C25H25N3O/c1-19(22-7-3-2-4-8-22)15-25(29)26-16-20-11-13-21(14-12-20)17-28-18-27-23-9-5-6-10-24(23)28/h2-14,18-19H,15-17H2,1H3,(H,26,29)/t19-/m0/s1. The Morgan fingerprint density at radius 1 is 0.931 bits per heavy atom. The van der Waals surface area contributed by atoms with Gasteiger partial charge in [-0.2, -0.15) is 0 Å². The van der Waals surface area contributed by atoms with E-state index in [2.05, 4.69) is 64.3 Å². The topological polar surface area (TPSA) is 46.9 Å². The van der Waals surface area contributed by atoms with E-state index in [9.17, 15) is 4.79 Å². The van der Waals surface area contributed by atoms with Crippen molar-refractivity contribution < 1.29 is 4.79 Å². The summed E-state index contributed by atoms with van der Waals surface area (Å²) in [6, 6.07) is 26.7. The average Bonchev–Trinajstić information content (AvgIpc) is 3.17. The molecule has 0 saturated carbocycles. The molecule has 0 fully saturated rings. The van der Waals surface area contributed by atoms with E-state index in [1.807, 2.05) is 42.7 Å². The summed E-state index contributed by atoms with van der Waals surface area (Å²) in [5, 5.41) is 3.03. The number of hydrogen-bond donors (Lipinski definition) is 1. The summed E-state index contributed by atoms with van der Waals surface area (Å²) in [6.07, 6.45) is 2.38. The number of fused-ring (bicyclic) bond motifs is 1. The van der Waals surface area contributed by atoms with E-state index in [-0.39, 0.29) is 11.8 Å². The molecule has 1 heterocycles. The lowest BCUT2D eigenvalue weighted by Gasteiger charge is -2.12. The van der Waals surface area contributed by atoms with Gasteiger partial charge >= 0.3 is 0 Å². The highest BCUT2D eigenvalue weighted by Gasteiger charge is 2.10. The van der Waals surface area contributed by atoms with E-state index >= 15 is 0 Å². The smallest absolute Gasteiger partial charge is 0.220 e. The van der Waals surface area contributed by atoms with Crippen LogP contribution in [0.1, 0.15) is 36.0 Å². The number of hydrogen-bond acceptors (Lipinski definition) is 2. The summed E-state index contributed by atoms with van der Waals surface area (Å²) in [4.78, 5) is 16.7. The number of carbonyl (C=O) groups is 1. The molecule has 0 aliphatic carbocycles. The first-order valence-electron chi connectivity index (χ1n) is 9.98. The van der Waals surface area contributed by atoms with E-state index < -0.39 is 0 Å². The van der Waals surface area contributed by atoms with Gasteiger partial charge in [-0.3, -0.25) is 4.79 Å². The van der Waals surface area contributed by atoms with Crippen LogP contribution in [-0.2, 0) is 17.9 Å². The van der Waals surface area contributed by atoms with Crippen molar-refractivity contribution in [3.63, 3.8) is 0 Å². The lowest BCUT2D eigenvalue weighted by molar-refractivity contribution is -0.121. The molecule has 0 radical (unpaired) electrons. The van der Waals surface area contributed by atoms with Crippen molar-refractivity contribution in [2.45, 2.75) is 32.4 Å². The molecule has 0 spiro atoms. The van der Waals surface area contributed by atoms with Crippen molar-refractivity contribution in [1.82, 2.24) is 14.9 Å². The van der Waals surface area contributed by atoms with Crippen LogP contribution in [0, 0.1) is 0 Å². The largest absolute Gasteiger partial charge is 0.352 e. The van der Waals surface area contributed by atoms with Crippen LogP contribution in [0.4, 0.5) is 0 Å². The predicted octanol–water partition coefficient (Wildman–Crippen LogP) is 4.89. The molecule has 0 unspecified atom stereocenters. The summed E-state index contributed by atoms with van der Waals surface area (Å²) < 4.78 is 2.15. The molecule has 4 rings (SSSR count). The Morgan fingerprint density at radius 2 is 1.62 bits per heavy atom. The highest BCUT2D eigenvalue weighted by molar-refractivity contribution is 5.77. The quantitative estimate of drug-likeness (QED) is 0.494. The molecule has 0 aliphatic rings. The summed E-state index contributed by atoms with van der Waals surface area (Å²) >= 11 is 0. The average molecular weight is 383 g/mol. The fourth-order valence-electron chi connectivity index (χ4n) is 3.55. The monoisotopic (exact) mass is 383 g/mol. The Hall–Kier alpha value is -3.40. The maximum Gasteiger partial charge on any atom is 0.220 e. The second-order valence-corrected chi connectivity index (χ2v) is 7.47. The van der Waals surface area contributed by atoms with Crippen LogP contribution in [0.2, 0.25) is 0 Å². The number of nitrogens with zero attached hydrogens (tertiary/aromatic N) is 2. The molecule has 1 N–H and O–H groups in total. The van der Waals surface area contributed by atoms with Crippen LogP contribution in [0.15, 0.2) is 85.2 Å². The van der Waals surface area contributed by atoms with Crippen LogP contribution in [-0.4, -0.2) is 15.5 Å². The maximum absolute atomic E-state index is 12.3. The molecule has 1 atom stereocenters. The highest BCUT2D eigenvalue weighted by Crippen LogP contribution is 2.18. The van der Waals surface area contributed by atoms with Crippen molar-refractivity contribution in [3.8, 4) is 0 Å². The SMILES string of the molecule is C[C@@H](CC(=O)NCc1ccc(Cn2cnc3ccccc32)cc1)c1ccccc1. The van der Waals surface area contributed by atoms with Gasteiger partial charge < -0.3 is 9.88 Å². The third-order valence-electron chi connectivity index (χ3n) is 5.25. The Morgan fingerprint density at radius 3 is 2.41 bits per heavy atom. The Balaban J connectivity index is 1.31. The minimum Gasteiger partial charge on any atom is -0.352 e. The van der Waals surface area contributed by atoms with Crippen molar-refractivity contribution in [2.24, 2.45) is 0 Å². The summed E-state index contributed by atoms with van der Waals surface area (Å²) in [5.41, 5.74) is 5.65. The summed E-state index contributed by atoms with van der Waals surface area (Å²) in [6.45, 7) is 3.42. The second-order valence-electron chi connectivity index (χ2n) is 7.47. The third kappa shape index (κ3) is 4.72. The molecular weight excluding hydrogens is 358 g/mol. The van der Waals surface area contributed by atoms with Crippen molar-refractivity contribution >= 4 is 16.9 Å². The molecular formula is C25H25N3O. The van der Waals surface area contributed by atoms with Crippen molar-refractivity contribution in [3.05, 3.63) is 102 Å². The molecule has 0 aliphatic heterocycles. The predicted molar refractivity (Wildman–Crippen MR) is 117 cm³/mol. The van der Waals surface area contributed by atoms with Gasteiger partial charge in [-0.1, -0.05) is 73.7 Å². The van der Waals surface area contributed by atoms with Gasteiger partial charge in [0.2, 0.25) is 5.91 Å². The van der Waals surface area contributed by atoms with Crippen LogP contribution in [0.5, 0.6) is 0 Å². The Kier molecular flexibility index (Phi) is 5.71. The van der Waals surface area contributed by atoms with E-state index in [1.54, 1.807) is 0 Å². The molecule has 29 heavy (non-hydrogen) atoms. The number of imidazole rings is 1. The lowest BCUT2D eigenvalue weighted by atomic mass is 9.97. The third-order valence-corrected chi connectivity index (χ3v) is 5.25. The van der Waals surface area contributed by atoms with Crippen LogP contribution >= 0.6 is 0 Å². The molecule has 1 amide bonds. The number of para-hydroxylation sites is 2. The number of benzene rings is 3. The van der Waals surface area contributed by atoms with Crippen molar-refractivity contribution in [2.75, 3.05) is 0 Å². The van der Waals surface area contributed by atoms with E-state index in [4.69, 9.17) is 0 Å². The highest BCUT2D eigenvalue weighted by atomic mass is 16.1. The number of carbonyl (C=O) groups excluding carboxylic acids is 1. The zero-order valence-electron chi connectivity index (χ0n) is 16.6. The number of aromatic nitrogens is 2. The molecule has 1 aromatic heterocycles. The van der Waals surface area contributed by atoms with Gasteiger partial charge in [0.15, 0.2) is 0 Å². The van der Waals surface area contributed by atoms with E-state index in [1.165, 1.54) is 11.1 Å². The summed E-state index contributed by atoms with van der Waals surface area (Å²) in [5.74, 6) is 0.291. The van der Waals surface area contributed by atoms with Crippen LogP contribution < -0.4 is 5.32 Å². The van der Waals surface area contributed by atoms with Crippen LogP contribution in [0.25, 0.3) is 11.0 Å². The molecule has 4 heteroatoms. The summed E-state index contributed by atoms with van der Waals surface area (Å²) in [7, 11) is 0. The first-order valence-corrected chi connectivity index (χ1v) is 9.98. The molecule has 0 bridgehead atoms. The van der Waals surface area contributed by atoms with Gasteiger partial charge in [0.25, 0.3) is 0 Å². The normalized spacial score (nSPS) is 12.0. The number of amides is 1. The van der Waals surface area contributed by atoms with Crippen molar-refractivity contribution in [1.29, 1.82) is 0 Å². The number of nitrogens with one attached hydrogen (secondary N) is 1. The Bertz CT molecular complexity index is 1080. The first-order chi connectivity index (χ1) is 14.2. The molecule has 146 valence electrons. The molecule has 4 nitrogen and oxygen atoms in total.